The second-order valence-corrected chi connectivity index (χ2v) is 5.23. The van der Waals surface area contributed by atoms with Crippen LogP contribution in [0.3, 0.4) is 0 Å². The van der Waals surface area contributed by atoms with Crippen molar-refractivity contribution in [2.75, 3.05) is 7.11 Å². The van der Waals surface area contributed by atoms with E-state index in [4.69, 9.17) is 22.7 Å². The minimum Gasteiger partial charge on any atom is -0.389 e. The van der Waals surface area contributed by atoms with E-state index in [9.17, 15) is 4.79 Å². The lowest BCUT2D eigenvalue weighted by Crippen LogP contribution is -2.33. The van der Waals surface area contributed by atoms with Crippen LogP contribution in [0.4, 0.5) is 0 Å². The maximum absolute atomic E-state index is 12.1. The van der Waals surface area contributed by atoms with Crippen molar-refractivity contribution in [3.8, 4) is 0 Å². The van der Waals surface area contributed by atoms with E-state index < -0.39 is 0 Å². The third kappa shape index (κ3) is 3.52. The van der Waals surface area contributed by atoms with Crippen LogP contribution in [0.2, 0.25) is 0 Å². The molecule has 102 valence electrons. The molecule has 1 saturated carbocycles. The maximum atomic E-state index is 12.1. The largest absolute Gasteiger partial charge is 0.389 e. The highest BCUT2D eigenvalue weighted by Crippen LogP contribution is 2.21. The van der Waals surface area contributed by atoms with Crippen LogP contribution in [-0.2, 0) is 4.74 Å². The number of rotatable bonds is 4. The van der Waals surface area contributed by atoms with E-state index in [0.717, 1.165) is 19.3 Å². The molecule has 2 rings (SSSR count). The Hall–Kier alpha value is -1.46. The molecule has 1 fully saturated rings. The van der Waals surface area contributed by atoms with Gasteiger partial charge in [-0.05, 0) is 31.4 Å². The number of hydrogen-bond acceptors (Lipinski definition) is 3. The summed E-state index contributed by atoms with van der Waals surface area (Å²) in [6.07, 6.45) is 3.08. The van der Waals surface area contributed by atoms with Gasteiger partial charge in [-0.3, -0.25) is 4.79 Å². The molecule has 0 aliphatic heterocycles. The molecule has 3 N–H and O–H groups in total. The number of nitrogens with one attached hydrogen (secondary N) is 1. The van der Waals surface area contributed by atoms with E-state index in [1.54, 1.807) is 31.4 Å². The third-order valence-electron chi connectivity index (χ3n) is 3.46. The summed E-state index contributed by atoms with van der Waals surface area (Å²) in [5.74, 6) is -0.0835. The molecule has 0 aromatic heterocycles. The molecule has 1 amide bonds. The Morgan fingerprint density at radius 1 is 1.42 bits per heavy atom. The van der Waals surface area contributed by atoms with Crippen molar-refractivity contribution in [3.05, 3.63) is 35.4 Å². The zero-order valence-electron chi connectivity index (χ0n) is 10.9. The first kappa shape index (κ1) is 14.0. The number of carbonyl (C=O) groups excluding carboxylic acids is 1. The van der Waals surface area contributed by atoms with Gasteiger partial charge in [0, 0.05) is 24.3 Å². The summed E-state index contributed by atoms with van der Waals surface area (Å²) >= 11 is 4.91. The van der Waals surface area contributed by atoms with E-state index in [1.807, 2.05) is 0 Å². The SMILES string of the molecule is COC1CCC(NC(=O)c2cccc(C(N)=S)c2)C1. The molecule has 0 heterocycles. The van der Waals surface area contributed by atoms with Gasteiger partial charge in [-0.25, -0.2) is 0 Å². The Bertz CT molecular complexity index is 490. The van der Waals surface area contributed by atoms with Gasteiger partial charge in [0.1, 0.15) is 4.99 Å². The zero-order valence-corrected chi connectivity index (χ0v) is 11.7. The average Bonchev–Trinajstić information content (AvgIpc) is 2.86. The molecule has 0 bridgehead atoms. The number of carbonyl (C=O) groups is 1. The molecule has 0 saturated heterocycles. The van der Waals surface area contributed by atoms with E-state index in [2.05, 4.69) is 5.32 Å². The molecule has 2 unspecified atom stereocenters. The predicted molar refractivity (Wildman–Crippen MR) is 78.2 cm³/mol. The highest BCUT2D eigenvalue weighted by atomic mass is 32.1. The first-order chi connectivity index (χ1) is 9.10. The van der Waals surface area contributed by atoms with Crippen molar-refractivity contribution in [1.29, 1.82) is 0 Å². The number of benzene rings is 1. The highest BCUT2D eigenvalue weighted by Gasteiger charge is 2.25. The second kappa shape index (κ2) is 6.12. The van der Waals surface area contributed by atoms with Crippen LogP contribution < -0.4 is 11.1 Å². The predicted octanol–water partition coefficient (Wildman–Crippen LogP) is 1.62. The Labute approximate surface area is 118 Å². The van der Waals surface area contributed by atoms with E-state index in [0.29, 0.717) is 16.1 Å². The smallest absolute Gasteiger partial charge is 0.251 e. The summed E-state index contributed by atoms with van der Waals surface area (Å²) in [5, 5.41) is 3.02. The number of thiocarbonyl (C=S) groups is 1. The molecule has 5 heteroatoms. The molecule has 19 heavy (non-hydrogen) atoms. The van der Waals surface area contributed by atoms with Gasteiger partial charge in [0.15, 0.2) is 0 Å². The summed E-state index contributed by atoms with van der Waals surface area (Å²) in [6.45, 7) is 0. The van der Waals surface area contributed by atoms with Gasteiger partial charge in [0.25, 0.3) is 5.91 Å². The number of nitrogens with two attached hydrogens (primary N) is 1. The van der Waals surface area contributed by atoms with Crippen molar-refractivity contribution >= 4 is 23.1 Å². The quantitative estimate of drug-likeness (QED) is 0.821. The summed E-state index contributed by atoms with van der Waals surface area (Å²) in [4.78, 5) is 12.4. The summed E-state index contributed by atoms with van der Waals surface area (Å²) < 4.78 is 5.29. The summed E-state index contributed by atoms with van der Waals surface area (Å²) in [7, 11) is 1.71. The molecule has 4 nitrogen and oxygen atoms in total. The second-order valence-electron chi connectivity index (χ2n) is 4.79. The summed E-state index contributed by atoms with van der Waals surface area (Å²) in [5.41, 5.74) is 6.87. The monoisotopic (exact) mass is 278 g/mol. The minimum absolute atomic E-state index is 0.0835. The first-order valence-corrected chi connectivity index (χ1v) is 6.74. The molecule has 1 aliphatic rings. The van der Waals surface area contributed by atoms with Crippen LogP contribution in [0.1, 0.15) is 35.2 Å². The molecule has 2 atom stereocenters. The van der Waals surface area contributed by atoms with Crippen molar-refractivity contribution in [3.63, 3.8) is 0 Å². The minimum atomic E-state index is -0.0835. The standard InChI is InChI=1S/C14H18N2O2S/c1-18-12-6-5-11(8-12)16-14(17)10-4-2-3-9(7-10)13(15)19/h2-4,7,11-12H,5-6,8H2,1H3,(H2,15,19)(H,16,17). The lowest BCUT2D eigenvalue weighted by Gasteiger charge is -2.13. The van der Waals surface area contributed by atoms with Crippen molar-refractivity contribution in [2.24, 2.45) is 5.73 Å². The van der Waals surface area contributed by atoms with Gasteiger partial charge in [-0.15, -0.1) is 0 Å². The van der Waals surface area contributed by atoms with E-state index in [-0.39, 0.29) is 18.1 Å². The molecular weight excluding hydrogens is 260 g/mol. The zero-order chi connectivity index (χ0) is 13.8. The van der Waals surface area contributed by atoms with Crippen LogP contribution in [0, 0.1) is 0 Å². The molecule has 1 aromatic carbocycles. The van der Waals surface area contributed by atoms with Crippen LogP contribution in [0.5, 0.6) is 0 Å². The Balaban J connectivity index is 2.00. The fourth-order valence-corrected chi connectivity index (χ4v) is 2.49. The number of amides is 1. The maximum Gasteiger partial charge on any atom is 0.251 e. The first-order valence-electron chi connectivity index (χ1n) is 6.33. The van der Waals surface area contributed by atoms with Gasteiger partial charge in [0.05, 0.1) is 6.10 Å². The average molecular weight is 278 g/mol. The lowest BCUT2D eigenvalue weighted by atomic mass is 10.1. The van der Waals surface area contributed by atoms with Crippen LogP contribution in [0.15, 0.2) is 24.3 Å². The Morgan fingerprint density at radius 3 is 2.79 bits per heavy atom. The molecule has 0 spiro atoms. The number of ether oxygens (including phenoxy) is 1. The fourth-order valence-electron chi connectivity index (χ4n) is 2.37. The van der Waals surface area contributed by atoms with Gasteiger partial charge < -0.3 is 15.8 Å². The summed E-state index contributed by atoms with van der Waals surface area (Å²) in [6, 6.07) is 7.26. The van der Waals surface area contributed by atoms with Crippen molar-refractivity contribution < 1.29 is 9.53 Å². The van der Waals surface area contributed by atoms with Gasteiger partial charge >= 0.3 is 0 Å². The Morgan fingerprint density at radius 2 is 2.16 bits per heavy atom. The van der Waals surface area contributed by atoms with Crippen LogP contribution >= 0.6 is 12.2 Å². The number of hydrogen-bond donors (Lipinski definition) is 2. The van der Waals surface area contributed by atoms with Gasteiger partial charge in [-0.1, -0.05) is 24.4 Å². The van der Waals surface area contributed by atoms with E-state index in [1.165, 1.54) is 0 Å². The topological polar surface area (TPSA) is 64.3 Å². The molecule has 1 aliphatic carbocycles. The van der Waals surface area contributed by atoms with Crippen LogP contribution in [0.25, 0.3) is 0 Å². The normalized spacial score (nSPS) is 22.2. The van der Waals surface area contributed by atoms with Gasteiger partial charge in [-0.2, -0.15) is 0 Å². The van der Waals surface area contributed by atoms with Crippen molar-refractivity contribution in [1.82, 2.24) is 5.32 Å². The van der Waals surface area contributed by atoms with Crippen LogP contribution in [-0.4, -0.2) is 30.2 Å². The molecular formula is C14H18N2O2S. The van der Waals surface area contributed by atoms with E-state index >= 15 is 0 Å². The number of methoxy groups -OCH3 is 1. The molecule has 1 aromatic rings. The highest BCUT2D eigenvalue weighted by molar-refractivity contribution is 7.80. The molecule has 0 radical (unpaired) electrons. The third-order valence-corrected chi connectivity index (χ3v) is 3.70. The van der Waals surface area contributed by atoms with Crippen molar-refractivity contribution in [2.45, 2.75) is 31.4 Å². The Kier molecular flexibility index (Phi) is 4.50. The van der Waals surface area contributed by atoms with Gasteiger partial charge in [0.2, 0.25) is 0 Å². The fraction of sp³-hybridized carbons (Fsp3) is 0.429. The lowest BCUT2D eigenvalue weighted by molar-refractivity contribution is 0.0915.